The summed E-state index contributed by atoms with van der Waals surface area (Å²) in [5.41, 5.74) is -0.726. The van der Waals surface area contributed by atoms with E-state index < -0.39 is 17.4 Å². The van der Waals surface area contributed by atoms with E-state index in [-0.39, 0.29) is 5.92 Å². The first-order chi connectivity index (χ1) is 13.6. The maximum Gasteiger partial charge on any atom is 0.161 e. The molecule has 3 rings (SSSR count). The highest BCUT2D eigenvalue weighted by molar-refractivity contribution is 5.55. The Hall–Kier alpha value is -1.70. The van der Waals surface area contributed by atoms with Crippen molar-refractivity contribution in [2.45, 2.75) is 71.4 Å². The van der Waals surface area contributed by atoms with Gasteiger partial charge in [0.25, 0.3) is 0 Å². The average Bonchev–Trinajstić information content (AvgIpc) is 2.72. The Morgan fingerprint density at radius 3 is 2.54 bits per heavy atom. The maximum atomic E-state index is 15.7. The van der Waals surface area contributed by atoms with Crippen LogP contribution in [0.25, 0.3) is 11.9 Å². The van der Waals surface area contributed by atoms with Crippen molar-refractivity contribution in [2.75, 3.05) is 0 Å². The summed E-state index contributed by atoms with van der Waals surface area (Å²) in [7, 11) is 0. The Kier molecular flexibility index (Phi) is 7.26. The molecule has 0 aromatic heterocycles. The standard InChI is InChI=1S/C26H34F2/c1-3-5-7-11-20-14-16-22(17-15-20)26(18-10-6-4-2)19-21-12-8-9-13-23(21)24(27)25(26)28/h4,6-9,11-13,19-20,22,25H,3,5,10,14-18H2,1-2H3/b6-4+,11-7+. The van der Waals surface area contributed by atoms with Gasteiger partial charge in [-0.05, 0) is 68.9 Å². The van der Waals surface area contributed by atoms with Crippen LogP contribution in [-0.4, -0.2) is 6.17 Å². The SMILES string of the molecule is C/C=C/CCC1(C2CCC(/C=C/CCC)CC2)C=c2ccccc2=C(F)C1F. The third-order valence-electron chi connectivity index (χ3n) is 6.71. The quantitative estimate of drug-likeness (QED) is 0.477. The van der Waals surface area contributed by atoms with Gasteiger partial charge < -0.3 is 0 Å². The molecular formula is C26H34F2. The van der Waals surface area contributed by atoms with E-state index in [1.54, 1.807) is 12.1 Å². The zero-order valence-corrected chi connectivity index (χ0v) is 17.3. The predicted octanol–water partition coefficient (Wildman–Crippen LogP) is 6.40. The number of hydrogen-bond acceptors (Lipinski definition) is 0. The van der Waals surface area contributed by atoms with E-state index in [1.807, 2.05) is 25.1 Å². The molecule has 152 valence electrons. The highest BCUT2D eigenvalue weighted by atomic mass is 19.2. The zero-order valence-electron chi connectivity index (χ0n) is 17.3. The van der Waals surface area contributed by atoms with Crippen LogP contribution < -0.4 is 10.4 Å². The first-order valence-corrected chi connectivity index (χ1v) is 11.0. The molecule has 0 nitrogen and oxygen atoms in total. The highest BCUT2D eigenvalue weighted by Crippen LogP contribution is 2.51. The van der Waals surface area contributed by atoms with E-state index >= 15 is 8.78 Å². The van der Waals surface area contributed by atoms with Crippen molar-refractivity contribution in [1.29, 1.82) is 0 Å². The number of alkyl halides is 1. The number of hydrogen-bond donors (Lipinski definition) is 0. The molecule has 28 heavy (non-hydrogen) atoms. The van der Waals surface area contributed by atoms with E-state index in [9.17, 15) is 0 Å². The molecule has 0 N–H and O–H groups in total. The number of halogens is 2. The molecule has 0 bridgehead atoms. The van der Waals surface area contributed by atoms with Crippen molar-refractivity contribution in [2.24, 2.45) is 17.3 Å². The number of allylic oxidation sites excluding steroid dienone is 4. The molecule has 2 aliphatic carbocycles. The summed E-state index contributed by atoms with van der Waals surface area (Å²) in [6.07, 6.45) is 17.2. The molecule has 0 aliphatic heterocycles. The van der Waals surface area contributed by atoms with E-state index in [4.69, 9.17) is 0 Å². The van der Waals surface area contributed by atoms with Gasteiger partial charge in [-0.2, -0.15) is 0 Å². The summed E-state index contributed by atoms with van der Waals surface area (Å²) in [5, 5.41) is 1.30. The first-order valence-electron chi connectivity index (χ1n) is 11.0. The maximum absolute atomic E-state index is 15.7. The lowest BCUT2D eigenvalue weighted by atomic mass is 9.61. The largest absolute Gasteiger partial charge is 0.239 e. The number of rotatable bonds is 7. The van der Waals surface area contributed by atoms with Crippen LogP contribution in [0, 0.1) is 17.3 Å². The molecule has 0 heterocycles. The van der Waals surface area contributed by atoms with E-state index in [1.165, 1.54) is 6.42 Å². The fourth-order valence-corrected chi connectivity index (χ4v) is 5.11. The van der Waals surface area contributed by atoms with Crippen LogP contribution in [0.5, 0.6) is 0 Å². The van der Waals surface area contributed by atoms with Crippen LogP contribution in [0.3, 0.4) is 0 Å². The monoisotopic (exact) mass is 384 g/mol. The van der Waals surface area contributed by atoms with Gasteiger partial charge in [0.15, 0.2) is 6.17 Å². The second-order valence-corrected chi connectivity index (χ2v) is 8.49. The summed E-state index contributed by atoms with van der Waals surface area (Å²) >= 11 is 0. The predicted molar refractivity (Wildman–Crippen MR) is 116 cm³/mol. The summed E-state index contributed by atoms with van der Waals surface area (Å²) in [6, 6.07) is 7.36. The van der Waals surface area contributed by atoms with Gasteiger partial charge in [-0.15, -0.1) is 0 Å². The van der Waals surface area contributed by atoms with Crippen LogP contribution in [0.1, 0.15) is 65.2 Å². The van der Waals surface area contributed by atoms with E-state index in [0.717, 1.165) is 43.7 Å². The Bertz CT molecular complexity index is 811. The lowest BCUT2D eigenvalue weighted by molar-refractivity contribution is 0.0839. The lowest BCUT2D eigenvalue weighted by Gasteiger charge is -2.45. The van der Waals surface area contributed by atoms with Gasteiger partial charge >= 0.3 is 0 Å². The van der Waals surface area contributed by atoms with Gasteiger partial charge in [0, 0.05) is 10.6 Å². The summed E-state index contributed by atoms with van der Waals surface area (Å²) in [5.74, 6) is 0.226. The molecule has 2 heteroatoms. The van der Waals surface area contributed by atoms with Crippen LogP contribution in [0.15, 0.2) is 48.6 Å². The van der Waals surface area contributed by atoms with Crippen LogP contribution in [0.4, 0.5) is 8.78 Å². The van der Waals surface area contributed by atoms with Crippen LogP contribution >= 0.6 is 0 Å². The van der Waals surface area contributed by atoms with Crippen molar-refractivity contribution < 1.29 is 8.78 Å². The van der Waals surface area contributed by atoms with E-state index in [0.29, 0.717) is 17.6 Å². The summed E-state index contributed by atoms with van der Waals surface area (Å²) in [4.78, 5) is 0. The minimum atomic E-state index is -1.54. The molecule has 0 saturated heterocycles. The summed E-state index contributed by atoms with van der Waals surface area (Å²) in [6.45, 7) is 4.18. The minimum absolute atomic E-state index is 0.197. The minimum Gasteiger partial charge on any atom is -0.239 e. The fraction of sp³-hybridized carbons (Fsp3) is 0.538. The van der Waals surface area contributed by atoms with Gasteiger partial charge in [0.1, 0.15) is 5.83 Å². The molecule has 2 atom stereocenters. The Morgan fingerprint density at radius 2 is 1.82 bits per heavy atom. The van der Waals surface area contributed by atoms with E-state index in [2.05, 4.69) is 31.2 Å². The molecule has 0 radical (unpaired) electrons. The van der Waals surface area contributed by atoms with Crippen molar-refractivity contribution >= 4 is 11.9 Å². The van der Waals surface area contributed by atoms with Crippen molar-refractivity contribution in [3.63, 3.8) is 0 Å². The molecule has 1 fully saturated rings. The molecule has 2 unspecified atom stereocenters. The second-order valence-electron chi connectivity index (χ2n) is 8.49. The second kappa shape index (κ2) is 9.67. The lowest BCUT2D eigenvalue weighted by Crippen LogP contribution is -2.48. The van der Waals surface area contributed by atoms with Crippen LogP contribution in [0.2, 0.25) is 0 Å². The third kappa shape index (κ3) is 4.31. The number of benzene rings is 1. The average molecular weight is 385 g/mol. The molecule has 1 aromatic rings. The molecule has 0 amide bonds. The van der Waals surface area contributed by atoms with Gasteiger partial charge in [0.05, 0.1) is 0 Å². The normalized spacial score (nSPS) is 30.6. The Balaban J connectivity index is 1.89. The van der Waals surface area contributed by atoms with Gasteiger partial charge in [-0.25, -0.2) is 8.78 Å². The molecule has 2 aliphatic rings. The first kappa shape index (κ1) is 21.0. The fourth-order valence-electron chi connectivity index (χ4n) is 5.11. The van der Waals surface area contributed by atoms with Crippen molar-refractivity contribution in [3.05, 3.63) is 59.0 Å². The van der Waals surface area contributed by atoms with Gasteiger partial charge in [0.2, 0.25) is 0 Å². The van der Waals surface area contributed by atoms with Crippen molar-refractivity contribution in [3.8, 4) is 0 Å². The number of fused-ring (bicyclic) bond motifs is 1. The van der Waals surface area contributed by atoms with Crippen molar-refractivity contribution in [1.82, 2.24) is 0 Å². The molecule has 0 spiro atoms. The number of unbranched alkanes of at least 4 members (excludes halogenated alkanes) is 1. The van der Waals surface area contributed by atoms with Crippen LogP contribution in [-0.2, 0) is 0 Å². The smallest absolute Gasteiger partial charge is 0.161 e. The Labute approximate surface area is 168 Å². The molecule has 1 saturated carbocycles. The topological polar surface area (TPSA) is 0 Å². The molecule has 1 aromatic carbocycles. The van der Waals surface area contributed by atoms with Gasteiger partial charge in [-0.3, -0.25) is 0 Å². The third-order valence-corrected chi connectivity index (χ3v) is 6.71. The highest BCUT2D eigenvalue weighted by Gasteiger charge is 2.48. The summed E-state index contributed by atoms with van der Waals surface area (Å²) < 4.78 is 30.8. The zero-order chi connectivity index (χ0) is 20.0. The Morgan fingerprint density at radius 1 is 1.07 bits per heavy atom. The van der Waals surface area contributed by atoms with Gasteiger partial charge in [-0.1, -0.05) is 68.0 Å². The molecular weight excluding hydrogens is 350 g/mol.